The molecule has 0 amide bonds. The molecule has 0 radical (unpaired) electrons. The zero-order valence-corrected chi connectivity index (χ0v) is 31.2. The van der Waals surface area contributed by atoms with E-state index in [4.69, 9.17) is 0 Å². The first-order chi connectivity index (χ1) is 27.7. The molecule has 0 aliphatic heterocycles. The average Bonchev–Trinajstić information content (AvgIpc) is 3.27. The molecule has 1 nitrogen and oxygen atoms in total. The van der Waals surface area contributed by atoms with E-state index in [0.717, 1.165) is 17.1 Å². The number of rotatable bonds is 7. The molecule has 0 fully saturated rings. The highest BCUT2D eigenvalue weighted by Crippen LogP contribution is 2.41. The molecular weight excluding hydrogens is 675 g/mol. The summed E-state index contributed by atoms with van der Waals surface area (Å²) in [6.45, 7) is 2.21. The van der Waals surface area contributed by atoms with Crippen molar-refractivity contribution >= 4 is 49.4 Å². The van der Waals surface area contributed by atoms with Crippen molar-refractivity contribution in [1.29, 1.82) is 0 Å². The van der Waals surface area contributed by atoms with Gasteiger partial charge in [0.1, 0.15) is 0 Å². The van der Waals surface area contributed by atoms with Gasteiger partial charge in [0.25, 0.3) is 0 Å². The van der Waals surface area contributed by atoms with Gasteiger partial charge >= 0.3 is 0 Å². The van der Waals surface area contributed by atoms with Gasteiger partial charge in [-0.15, -0.1) is 0 Å². The highest BCUT2D eigenvalue weighted by Gasteiger charge is 2.16. The monoisotopic (exact) mass is 713 g/mol. The molecule has 10 aromatic carbocycles. The van der Waals surface area contributed by atoms with Crippen molar-refractivity contribution in [2.45, 2.75) is 6.92 Å². The van der Waals surface area contributed by atoms with E-state index in [0.29, 0.717) is 0 Å². The van der Waals surface area contributed by atoms with Gasteiger partial charge in [-0.2, -0.15) is 0 Å². The Hall–Kier alpha value is -7.22. The maximum Gasteiger partial charge on any atom is 0.0468 e. The van der Waals surface area contributed by atoms with Crippen molar-refractivity contribution in [3.63, 3.8) is 0 Å². The minimum atomic E-state index is 1.10. The summed E-state index contributed by atoms with van der Waals surface area (Å²) in [6, 6.07) is 79.5. The first-order valence-electron chi connectivity index (χ1n) is 19.3. The minimum absolute atomic E-state index is 1.10. The fourth-order valence-corrected chi connectivity index (χ4v) is 8.24. The van der Waals surface area contributed by atoms with Crippen LogP contribution in [0.25, 0.3) is 76.8 Å². The van der Waals surface area contributed by atoms with Crippen LogP contribution in [0.15, 0.2) is 218 Å². The molecule has 0 aliphatic carbocycles. The molecule has 0 aromatic heterocycles. The standard InChI is InChI=1S/C55H39N/c1-38-19-34-54(55-52(38)17-10-18-53(55)42-14-6-3-7-15-42)43-26-31-50(32-27-43)56(49-29-24-41(25-30-49)39-11-4-2-5-12-39)51-33-28-47-36-46(22-23-48(47)37-51)45-21-20-40-13-8-9-16-44(40)35-45/h2-37H,1H3. The SMILES string of the molecule is Cc1ccc(-c2ccc(N(c3ccc(-c4ccccc4)cc3)c3ccc4cc(-c5ccc6ccccc6c5)ccc4c3)cc2)c2c(-c3ccccc3)cccc12. The van der Waals surface area contributed by atoms with Crippen LogP contribution in [-0.2, 0) is 0 Å². The van der Waals surface area contributed by atoms with Gasteiger partial charge in [0.2, 0.25) is 0 Å². The quantitative estimate of drug-likeness (QED) is 0.159. The van der Waals surface area contributed by atoms with Crippen LogP contribution in [-0.4, -0.2) is 0 Å². The largest absolute Gasteiger partial charge is 0.310 e. The molecule has 0 saturated heterocycles. The van der Waals surface area contributed by atoms with Crippen LogP contribution in [0.2, 0.25) is 0 Å². The van der Waals surface area contributed by atoms with Gasteiger partial charge < -0.3 is 4.90 Å². The van der Waals surface area contributed by atoms with E-state index in [2.05, 4.69) is 230 Å². The molecular formula is C55H39N. The van der Waals surface area contributed by atoms with Crippen molar-refractivity contribution in [2.75, 3.05) is 4.90 Å². The van der Waals surface area contributed by atoms with E-state index in [-0.39, 0.29) is 0 Å². The molecule has 0 heterocycles. The third kappa shape index (κ3) is 6.20. The number of hydrogen-bond donors (Lipinski definition) is 0. The Morgan fingerprint density at radius 1 is 0.286 bits per heavy atom. The fourth-order valence-electron chi connectivity index (χ4n) is 8.24. The van der Waals surface area contributed by atoms with Crippen LogP contribution in [0.1, 0.15) is 5.56 Å². The molecule has 0 unspecified atom stereocenters. The van der Waals surface area contributed by atoms with E-state index in [1.54, 1.807) is 0 Å². The number of hydrogen-bond acceptors (Lipinski definition) is 1. The molecule has 264 valence electrons. The lowest BCUT2D eigenvalue weighted by molar-refractivity contribution is 1.29. The molecule has 0 saturated carbocycles. The molecule has 0 aliphatic rings. The Bertz CT molecular complexity index is 3000. The Balaban J connectivity index is 1.06. The molecule has 0 spiro atoms. The maximum absolute atomic E-state index is 2.37. The predicted octanol–water partition coefficient (Wildman–Crippen LogP) is 15.6. The van der Waals surface area contributed by atoms with Crippen molar-refractivity contribution in [3.05, 3.63) is 224 Å². The Morgan fingerprint density at radius 2 is 0.750 bits per heavy atom. The van der Waals surface area contributed by atoms with E-state index >= 15 is 0 Å². The second-order valence-corrected chi connectivity index (χ2v) is 14.6. The lowest BCUT2D eigenvalue weighted by atomic mass is 9.89. The van der Waals surface area contributed by atoms with Crippen LogP contribution in [0.4, 0.5) is 17.1 Å². The summed E-state index contributed by atoms with van der Waals surface area (Å²) in [4.78, 5) is 2.37. The first-order valence-corrected chi connectivity index (χ1v) is 19.3. The second-order valence-electron chi connectivity index (χ2n) is 14.6. The number of anilines is 3. The summed E-state index contributed by atoms with van der Waals surface area (Å²) < 4.78 is 0. The molecule has 56 heavy (non-hydrogen) atoms. The number of benzene rings is 10. The molecule has 0 bridgehead atoms. The average molecular weight is 714 g/mol. The third-order valence-corrected chi connectivity index (χ3v) is 11.2. The molecule has 0 atom stereocenters. The van der Waals surface area contributed by atoms with Crippen molar-refractivity contribution in [2.24, 2.45) is 0 Å². The normalized spacial score (nSPS) is 11.3. The van der Waals surface area contributed by atoms with Gasteiger partial charge in [-0.25, -0.2) is 0 Å². The number of aryl methyl sites for hydroxylation is 1. The van der Waals surface area contributed by atoms with Crippen LogP contribution < -0.4 is 4.90 Å². The number of nitrogens with zero attached hydrogens (tertiary/aromatic N) is 1. The zero-order chi connectivity index (χ0) is 37.4. The lowest BCUT2D eigenvalue weighted by Gasteiger charge is -2.26. The summed E-state index contributed by atoms with van der Waals surface area (Å²) in [6.07, 6.45) is 0. The van der Waals surface area contributed by atoms with Crippen LogP contribution >= 0.6 is 0 Å². The van der Waals surface area contributed by atoms with Gasteiger partial charge in [-0.1, -0.05) is 170 Å². The Labute approximate surface area is 328 Å². The predicted molar refractivity (Wildman–Crippen MR) is 240 cm³/mol. The topological polar surface area (TPSA) is 3.24 Å². The molecule has 10 rings (SSSR count). The summed E-state index contributed by atoms with van der Waals surface area (Å²) in [7, 11) is 0. The van der Waals surface area contributed by atoms with Crippen LogP contribution in [0.5, 0.6) is 0 Å². The lowest BCUT2D eigenvalue weighted by Crippen LogP contribution is -2.09. The number of fused-ring (bicyclic) bond motifs is 3. The summed E-state index contributed by atoms with van der Waals surface area (Å²) >= 11 is 0. The fraction of sp³-hybridized carbons (Fsp3) is 0.0182. The minimum Gasteiger partial charge on any atom is -0.310 e. The van der Waals surface area contributed by atoms with Crippen molar-refractivity contribution in [3.8, 4) is 44.5 Å². The molecule has 1 heteroatoms. The Morgan fingerprint density at radius 3 is 1.45 bits per heavy atom. The van der Waals surface area contributed by atoms with Gasteiger partial charge in [-0.3, -0.25) is 0 Å². The first kappa shape index (κ1) is 33.4. The van der Waals surface area contributed by atoms with E-state index in [1.165, 1.54) is 82.4 Å². The summed E-state index contributed by atoms with van der Waals surface area (Å²) in [5, 5.41) is 7.51. The molecule has 0 N–H and O–H groups in total. The summed E-state index contributed by atoms with van der Waals surface area (Å²) in [5.74, 6) is 0. The third-order valence-electron chi connectivity index (χ3n) is 11.2. The zero-order valence-electron chi connectivity index (χ0n) is 31.2. The summed E-state index contributed by atoms with van der Waals surface area (Å²) in [5.41, 5.74) is 14.4. The van der Waals surface area contributed by atoms with E-state index in [9.17, 15) is 0 Å². The van der Waals surface area contributed by atoms with Gasteiger partial charge in [0, 0.05) is 17.1 Å². The van der Waals surface area contributed by atoms with E-state index in [1.807, 2.05) is 0 Å². The van der Waals surface area contributed by atoms with Gasteiger partial charge in [-0.05, 0) is 138 Å². The van der Waals surface area contributed by atoms with Gasteiger partial charge in [0.15, 0.2) is 0 Å². The van der Waals surface area contributed by atoms with Crippen molar-refractivity contribution in [1.82, 2.24) is 0 Å². The van der Waals surface area contributed by atoms with Crippen LogP contribution in [0.3, 0.4) is 0 Å². The van der Waals surface area contributed by atoms with Gasteiger partial charge in [0.05, 0.1) is 0 Å². The Kier molecular flexibility index (Phi) is 8.46. The second kappa shape index (κ2) is 14.2. The highest BCUT2D eigenvalue weighted by molar-refractivity contribution is 6.08. The maximum atomic E-state index is 2.37. The highest BCUT2D eigenvalue weighted by atomic mass is 15.1. The van der Waals surface area contributed by atoms with Crippen molar-refractivity contribution < 1.29 is 0 Å². The van der Waals surface area contributed by atoms with Crippen LogP contribution in [0, 0.1) is 6.92 Å². The van der Waals surface area contributed by atoms with E-state index < -0.39 is 0 Å². The smallest absolute Gasteiger partial charge is 0.0468 e. The molecule has 10 aromatic rings.